The number of ether oxygens (including phenoxy) is 1. The zero-order valence-corrected chi connectivity index (χ0v) is 18.8. The third-order valence-electron chi connectivity index (χ3n) is 4.39. The minimum atomic E-state index is 0.589. The number of aromatic nitrogens is 5. The van der Waals surface area contributed by atoms with Gasteiger partial charge in [0.05, 0.1) is 23.9 Å². The highest BCUT2D eigenvalue weighted by atomic mass is 35.5. The molecule has 0 spiro atoms. The van der Waals surface area contributed by atoms with Crippen molar-refractivity contribution in [2.45, 2.75) is 23.9 Å². The summed E-state index contributed by atoms with van der Waals surface area (Å²) < 4.78 is 7.36. The molecule has 0 aliphatic heterocycles. The van der Waals surface area contributed by atoms with Gasteiger partial charge in [0.25, 0.3) is 0 Å². The van der Waals surface area contributed by atoms with E-state index in [1.165, 1.54) is 5.56 Å². The van der Waals surface area contributed by atoms with E-state index in [2.05, 4.69) is 25.1 Å². The molecule has 0 bridgehead atoms. The lowest BCUT2D eigenvalue weighted by molar-refractivity contribution is 0.185. The second kappa shape index (κ2) is 10.2. The first kappa shape index (κ1) is 21.0. The molecule has 3 heterocycles. The molecule has 0 aliphatic carbocycles. The number of halogens is 1. The van der Waals surface area contributed by atoms with Crippen molar-refractivity contribution in [3.05, 3.63) is 75.5 Å². The third kappa shape index (κ3) is 5.26. The van der Waals surface area contributed by atoms with Crippen LogP contribution in [-0.4, -0.2) is 38.4 Å². The van der Waals surface area contributed by atoms with E-state index in [0.29, 0.717) is 13.2 Å². The van der Waals surface area contributed by atoms with Crippen molar-refractivity contribution >= 4 is 34.7 Å². The Morgan fingerprint density at radius 1 is 1.10 bits per heavy atom. The molecule has 154 valence electrons. The van der Waals surface area contributed by atoms with Gasteiger partial charge in [-0.3, -0.25) is 9.55 Å². The second-order valence-electron chi connectivity index (χ2n) is 6.51. The van der Waals surface area contributed by atoms with Crippen LogP contribution in [0.4, 0.5) is 0 Å². The van der Waals surface area contributed by atoms with Crippen LogP contribution in [0.3, 0.4) is 0 Å². The number of benzene rings is 1. The van der Waals surface area contributed by atoms with Gasteiger partial charge in [-0.1, -0.05) is 35.5 Å². The molecule has 6 nitrogen and oxygen atoms in total. The first-order valence-electron chi connectivity index (χ1n) is 9.36. The molecule has 0 N–H and O–H groups in total. The minimum Gasteiger partial charge on any atom is -0.383 e. The molecule has 0 aliphatic rings. The van der Waals surface area contributed by atoms with Crippen LogP contribution in [0.2, 0.25) is 5.02 Å². The van der Waals surface area contributed by atoms with E-state index < -0.39 is 0 Å². The largest absolute Gasteiger partial charge is 0.383 e. The molecule has 9 heteroatoms. The summed E-state index contributed by atoms with van der Waals surface area (Å²) in [6, 6.07) is 11.8. The van der Waals surface area contributed by atoms with Crippen molar-refractivity contribution < 1.29 is 4.74 Å². The van der Waals surface area contributed by atoms with Crippen molar-refractivity contribution in [3.8, 4) is 11.4 Å². The SMILES string of the molecule is COCCn1c(SCc2csc(Cc3ccc(Cl)cc3)n2)nnc1-c1ccncc1. The molecule has 0 atom stereocenters. The maximum atomic E-state index is 5.96. The minimum absolute atomic E-state index is 0.589. The Morgan fingerprint density at radius 2 is 1.90 bits per heavy atom. The molecule has 30 heavy (non-hydrogen) atoms. The Bertz CT molecular complexity index is 1080. The van der Waals surface area contributed by atoms with Crippen molar-refractivity contribution in [2.75, 3.05) is 13.7 Å². The van der Waals surface area contributed by atoms with Gasteiger partial charge in [-0.2, -0.15) is 0 Å². The van der Waals surface area contributed by atoms with Crippen LogP contribution in [0.15, 0.2) is 59.3 Å². The molecule has 0 fully saturated rings. The van der Waals surface area contributed by atoms with Gasteiger partial charge in [0, 0.05) is 47.6 Å². The maximum absolute atomic E-state index is 5.96. The average molecular weight is 458 g/mol. The predicted octanol–water partition coefficient (Wildman–Crippen LogP) is 4.98. The van der Waals surface area contributed by atoms with Gasteiger partial charge >= 0.3 is 0 Å². The van der Waals surface area contributed by atoms with Crippen LogP contribution in [0, 0.1) is 0 Å². The lowest BCUT2D eigenvalue weighted by Gasteiger charge is -2.09. The van der Waals surface area contributed by atoms with E-state index in [9.17, 15) is 0 Å². The summed E-state index contributed by atoms with van der Waals surface area (Å²) in [5.74, 6) is 1.55. The van der Waals surface area contributed by atoms with E-state index in [4.69, 9.17) is 21.3 Å². The molecule has 4 aromatic rings. The number of methoxy groups -OCH3 is 1. The molecular weight excluding hydrogens is 438 g/mol. The molecule has 0 radical (unpaired) electrons. The number of hydrogen-bond donors (Lipinski definition) is 0. The monoisotopic (exact) mass is 457 g/mol. The molecular formula is C21H20ClN5OS2. The molecule has 0 amide bonds. The van der Waals surface area contributed by atoms with Crippen LogP contribution in [0.25, 0.3) is 11.4 Å². The Morgan fingerprint density at radius 3 is 2.67 bits per heavy atom. The second-order valence-corrected chi connectivity index (χ2v) is 8.83. The summed E-state index contributed by atoms with van der Waals surface area (Å²) in [6.07, 6.45) is 4.33. The quantitative estimate of drug-likeness (QED) is 0.330. The smallest absolute Gasteiger partial charge is 0.191 e. The highest BCUT2D eigenvalue weighted by Crippen LogP contribution is 2.27. The van der Waals surface area contributed by atoms with Gasteiger partial charge in [0.1, 0.15) is 0 Å². The van der Waals surface area contributed by atoms with Crippen LogP contribution in [0.5, 0.6) is 0 Å². The number of rotatable bonds is 9. The summed E-state index contributed by atoms with van der Waals surface area (Å²) in [6.45, 7) is 1.27. The number of pyridine rings is 1. The first-order valence-corrected chi connectivity index (χ1v) is 11.6. The number of thiazole rings is 1. The number of nitrogens with zero attached hydrogens (tertiary/aromatic N) is 5. The topological polar surface area (TPSA) is 65.7 Å². The fourth-order valence-corrected chi connectivity index (χ4v) is 4.82. The predicted molar refractivity (Wildman–Crippen MR) is 121 cm³/mol. The third-order valence-corrected chi connectivity index (χ3v) is 6.54. The van der Waals surface area contributed by atoms with Crippen molar-refractivity contribution in [1.29, 1.82) is 0 Å². The normalized spacial score (nSPS) is 11.1. The molecule has 4 rings (SSSR count). The zero-order valence-electron chi connectivity index (χ0n) is 16.4. The lowest BCUT2D eigenvalue weighted by Crippen LogP contribution is -2.07. The molecule has 1 aromatic carbocycles. The molecule has 3 aromatic heterocycles. The Balaban J connectivity index is 1.45. The summed E-state index contributed by atoms with van der Waals surface area (Å²) in [4.78, 5) is 8.86. The summed E-state index contributed by atoms with van der Waals surface area (Å²) in [7, 11) is 1.70. The van der Waals surface area contributed by atoms with Gasteiger partial charge in [-0.05, 0) is 29.8 Å². The van der Waals surface area contributed by atoms with E-state index in [0.717, 1.165) is 44.4 Å². The van der Waals surface area contributed by atoms with Crippen LogP contribution in [-0.2, 0) is 23.5 Å². The standard InChI is InChI=1S/C21H20ClN5OS2/c1-28-11-10-27-20(16-6-8-23-9-7-16)25-26-21(27)30-14-18-13-29-19(24-18)12-15-2-4-17(22)5-3-15/h2-9,13H,10-12,14H2,1H3. The van der Waals surface area contributed by atoms with E-state index >= 15 is 0 Å². The Kier molecular flexibility index (Phi) is 7.11. The van der Waals surface area contributed by atoms with E-state index in [1.54, 1.807) is 42.6 Å². The van der Waals surface area contributed by atoms with Gasteiger partial charge in [0.15, 0.2) is 11.0 Å². The number of thioether (sulfide) groups is 1. The fourth-order valence-electron chi connectivity index (χ4n) is 2.91. The Labute approximate surface area is 188 Å². The van der Waals surface area contributed by atoms with Gasteiger partial charge in [-0.15, -0.1) is 21.5 Å². The van der Waals surface area contributed by atoms with Crippen LogP contribution < -0.4 is 0 Å². The Hall–Kier alpha value is -2.26. The van der Waals surface area contributed by atoms with Gasteiger partial charge in [0.2, 0.25) is 0 Å². The molecule has 0 saturated carbocycles. The van der Waals surface area contributed by atoms with Crippen molar-refractivity contribution in [1.82, 2.24) is 24.7 Å². The molecule has 0 unspecified atom stereocenters. The van der Waals surface area contributed by atoms with E-state index in [1.807, 2.05) is 36.4 Å². The summed E-state index contributed by atoms with van der Waals surface area (Å²) >= 11 is 9.27. The number of hydrogen-bond acceptors (Lipinski definition) is 7. The molecule has 0 saturated heterocycles. The van der Waals surface area contributed by atoms with Crippen LogP contribution >= 0.6 is 34.7 Å². The van der Waals surface area contributed by atoms with Crippen molar-refractivity contribution in [2.24, 2.45) is 0 Å². The average Bonchev–Trinajstić information content (AvgIpc) is 3.39. The van der Waals surface area contributed by atoms with Gasteiger partial charge < -0.3 is 4.74 Å². The fraction of sp³-hybridized carbons (Fsp3) is 0.238. The summed E-state index contributed by atoms with van der Waals surface area (Å²) in [5.41, 5.74) is 3.23. The van der Waals surface area contributed by atoms with Crippen molar-refractivity contribution in [3.63, 3.8) is 0 Å². The van der Waals surface area contributed by atoms with E-state index in [-0.39, 0.29) is 0 Å². The summed E-state index contributed by atoms with van der Waals surface area (Å²) in [5, 5.41) is 13.6. The maximum Gasteiger partial charge on any atom is 0.191 e. The van der Waals surface area contributed by atoms with Crippen LogP contribution in [0.1, 0.15) is 16.3 Å². The highest BCUT2D eigenvalue weighted by Gasteiger charge is 2.15. The lowest BCUT2D eigenvalue weighted by atomic mass is 10.2. The zero-order chi connectivity index (χ0) is 20.8. The first-order chi connectivity index (χ1) is 14.7. The van der Waals surface area contributed by atoms with Gasteiger partial charge in [-0.25, -0.2) is 4.98 Å². The highest BCUT2D eigenvalue weighted by molar-refractivity contribution is 7.98.